The van der Waals surface area contributed by atoms with Gasteiger partial charge in [-0.05, 0) is 29.5 Å². The number of likely N-dealkylation sites (tertiary alicyclic amines) is 1. The highest BCUT2D eigenvalue weighted by atomic mass is 19.1. The normalized spacial score (nSPS) is 20.9. The summed E-state index contributed by atoms with van der Waals surface area (Å²) in [7, 11) is 1.80. The van der Waals surface area contributed by atoms with Gasteiger partial charge in [-0.25, -0.2) is 4.39 Å². The SMILES string of the molecule is CN=C(NCc1ccc(N2CCOCC2)c(F)c1)N1CCC(C)(C)C1. The van der Waals surface area contributed by atoms with Gasteiger partial charge in [-0.1, -0.05) is 19.9 Å². The zero-order chi connectivity index (χ0) is 17.9. The molecule has 138 valence electrons. The highest BCUT2D eigenvalue weighted by molar-refractivity contribution is 5.80. The molecule has 2 fully saturated rings. The number of benzene rings is 1. The van der Waals surface area contributed by atoms with E-state index in [0.717, 1.165) is 44.1 Å². The van der Waals surface area contributed by atoms with Crippen LogP contribution in [-0.4, -0.2) is 57.3 Å². The molecule has 2 saturated heterocycles. The van der Waals surface area contributed by atoms with Crippen LogP contribution in [0.4, 0.5) is 10.1 Å². The van der Waals surface area contributed by atoms with Crippen LogP contribution in [0, 0.1) is 11.2 Å². The number of aliphatic imine (C=N–C) groups is 1. The molecule has 6 heteroatoms. The second-order valence-electron chi connectivity index (χ2n) is 7.62. The number of hydrogen-bond acceptors (Lipinski definition) is 3. The van der Waals surface area contributed by atoms with Crippen molar-refractivity contribution in [3.05, 3.63) is 29.6 Å². The number of halogens is 1. The molecule has 25 heavy (non-hydrogen) atoms. The fourth-order valence-corrected chi connectivity index (χ4v) is 3.53. The first-order valence-electron chi connectivity index (χ1n) is 9.05. The lowest BCUT2D eigenvalue weighted by molar-refractivity contribution is 0.122. The molecule has 0 saturated carbocycles. The molecule has 0 bridgehead atoms. The van der Waals surface area contributed by atoms with Gasteiger partial charge in [0.15, 0.2) is 5.96 Å². The van der Waals surface area contributed by atoms with Crippen LogP contribution < -0.4 is 10.2 Å². The van der Waals surface area contributed by atoms with Gasteiger partial charge in [-0.15, -0.1) is 0 Å². The smallest absolute Gasteiger partial charge is 0.193 e. The highest BCUT2D eigenvalue weighted by Gasteiger charge is 2.30. The summed E-state index contributed by atoms with van der Waals surface area (Å²) in [5, 5.41) is 3.37. The molecule has 0 aliphatic carbocycles. The van der Waals surface area contributed by atoms with Crippen LogP contribution in [0.2, 0.25) is 0 Å². The Bertz CT molecular complexity index is 626. The second-order valence-corrected chi connectivity index (χ2v) is 7.62. The molecule has 0 atom stereocenters. The van der Waals surface area contributed by atoms with E-state index in [9.17, 15) is 4.39 Å². The maximum absolute atomic E-state index is 14.5. The number of ether oxygens (including phenoxy) is 1. The molecule has 2 aliphatic heterocycles. The average molecular weight is 348 g/mol. The van der Waals surface area contributed by atoms with Crippen molar-refractivity contribution < 1.29 is 9.13 Å². The number of morpholine rings is 1. The molecule has 0 aromatic heterocycles. The monoisotopic (exact) mass is 348 g/mol. The zero-order valence-electron chi connectivity index (χ0n) is 15.5. The maximum atomic E-state index is 14.5. The standard InChI is InChI=1S/C19H29FN4O/c1-19(2)6-7-24(14-19)18(21-3)22-13-15-4-5-17(16(20)12-15)23-8-10-25-11-9-23/h4-5,12H,6-11,13-14H2,1-3H3,(H,21,22). The summed E-state index contributed by atoms with van der Waals surface area (Å²) in [5.74, 6) is 0.724. The van der Waals surface area contributed by atoms with E-state index in [-0.39, 0.29) is 5.82 Å². The van der Waals surface area contributed by atoms with Gasteiger partial charge in [0.1, 0.15) is 5.82 Å². The van der Waals surface area contributed by atoms with Crippen LogP contribution in [-0.2, 0) is 11.3 Å². The minimum atomic E-state index is -0.168. The molecule has 1 aromatic carbocycles. The Kier molecular flexibility index (Phi) is 5.47. The third-order valence-corrected chi connectivity index (χ3v) is 5.00. The van der Waals surface area contributed by atoms with Crippen molar-refractivity contribution in [2.75, 3.05) is 51.3 Å². The van der Waals surface area contributed by atoms with Gasteiger partial charge in [0, 0.05) is 39.8 Å². The molecule has 0 amide bonds. The Morgan fingerprint density at radius 1 is 1.28 bits per heavy atom. The Morgan fingerprint density at radius 2 is 2.04 bits per heavy atom. The van der Waals surface area contributed by atoms with Crippen molar-refractivity contribution in [3.8, 4) is 0 Å². The molecule has 0 unspecified atom stereocenters. The van der Waals surface area contributed by atoms with Crippen LogP contribution in [0.5, 0.6) is 0 Å². The predicted molar refractivity (Wildman–Crippen MR) is 99.6 cm³/mol. The topological polar surface area (TPSA) is 40.1 Å². The number of hydrogen-bond donors (Lipinski definition) is 1. The van der Waals surface area contributed by atoms with Crippen molar-refractivity contribution in [3.63, 3.8) is 0 Å². The summed E-state index contributed by atoms with van der Waals surface area (Å²) >= 11 is 0. The molecule has 5 nitrogen and oxygen atoms in total. The maximum Gasteiger partial charge on any atom is 0.193 e. The number of nitrogens with one attached hydrogen (secondary N) is 1. The Balaban J connectivity index is 1.60. The van der Waals surface area contributed by atoms with Crippen LogP contribution >= 0.6 is 0 Å². The predicted octanol–water partition coefficient (Wildman–Crippen LogP) is 2.47. The van der Waals surface area contributed by atoms with Gasteiger partial charge in [0.2, 0.25) is 0 Å². The van der Waals surface area contributed by atoms with Gasteiger partial charge in [-0.3, -0.25) is 4.99 Å². The van der Waals surface area contributed by atoms with Crippen molar-refractivity contribution in [2.24, 2.45) is 10.4 Å². The molecule has 2 heterocycles. The van der Waals surface area contributed by atoms with E-state index in [4.69, 9.17) is 4.74 Å². The molecule has 3 rings (SSSR count). The fourth-order valence-electron chi connectivity index (χ4n) is 3.53. The largest absolute Gasteiger partial charge is 0.378 e. The van der Waals surface area contributed by atoms with E-state index in [0.29, 0.717) is 30.9 Å². The van der Waals surface area contributed by atoms with Crippen molar-refractivity contribution >= 4 is 11.6 Å². The molecule has 2 aliphatic rings. The van der Waals surface area contributed by atoms with Gasteiger partial charge in [0.25, 0.3) is 0 Å². The minimum absolute atomic E-state index is 0.168. The van der Waals surface area contributed by atoms with E-state index in [1.807, 2.05) is 17.0 Å². The van der Waals surface area contributed by atoms with Crippen molar-refractivity contribution in [1.82, 2.24) is 10.2 Å². The van der Waals surface area contributed by atoms with Crippen molar-refractivity contribution in [2.45, 2.75) is 26.8 Å². The van der Waals surface area contributed by atoms with E-state index in [1.54, 1.807) is 13.1 Å². The van der Waals surface area contributed by atoms with E-state index >= 15 is 0 Å². The fraction of sp³-hybridized carbons (Fsp3) is 0.632. The van der Waals surface area contributed by atoms with Gasteiger partial charge >= 0.3 is 0 Å². The van der Waals surface area contributed by atoms with Gasteiger partial charge < -0.3 is 19.9 Å². The summed E-state index contributed by atoms with van der Waals surface area (Å²) in [4.78, 5) is 8.70. The summed E-state index contributed by atoms with van der Waals surface area (Å²) in [6.45, 7) is 9.94. The zero-order valence-corrected chi connectivity index (χ0v) is 15.5. The van der Waals surface area contributed by atoms with Crippen LogP contribution in [0.15, 0.2) is 23.2 Å². The van der Waals surface area contributed by atoms with Crippen LogP contribution in [0.3, 0.4) is 0 Å². The highest BCUT2D eigenvalue weighted by Crippen LogP contribution is 2.28. The van der Waals surface area contributed by atoms with Crippen LogP contribution in [0.25, 0.3) is 0 Å². The molecular weight excluding hydrogens is 319 g/mol. The van der Waals surface area contributed by atoms with Gasteiger partial charge in [0.05, 0.1) is 18.9 Å². The lowest BCUT2D eigenvalue weighted by Gasteiger charge is -2.29. The van der Waals surface area contributed by atoms with Crippen molar-refractivity contribution in [1.29, 1.82) is 0 Å². The molecule has 0 radical (unpaired) electrons. The number of guanidine groups is 1. The first-order chi connectivity index (χ1) is 12.0. The average Bonchev–Trinajstić information content (AvgIpc) is 2.96. The Labute approximate surface area is 149 Å². The Morgan fingerprint density at radius 3 is 2.64 bits per heavy atom. The van der Waals surface area contributed by atoms with Gasteiger partial charge in [-0.2, -0.15) is 0 Å². The number of anilines is 1. The van der Waals surface area contributed by atoms with E-state index in [1.165, 1.54) is 0 Å². The number of nitrogens with zero attached hydrogens (tertiary/aromatic N) is 3. The summed E-state index contributed by atoms with van der Waals surface area (Å²) in [6, 6.07) is 5.49. The summed E-state index contributed by atoms with van der Waals surface area (Å²) in [6.07, 6.45) is 1.16. The quantitative estimate of drug-likeness (QED) is 0.673. The first kappa shape index (κ1) is 18.0. The third kappa shape index (κ3) is 4.42. The number of rotatable bonds is 3. The van der Waals surface area contributed by atoms with E-state index < -0.39 is 0 Å². The lowest BCUT2D eigenvalue weighted by Crippen LogP contribution is -2.40. The first-order valence-corrected chi connectivity index (χ1v) is 9.05. The van der Waals surface area contributed by atoms with E-state index in [2.05, 4.69) is 29.1 Å². The summed E-state index contributed by atoms with van der Waals surface area (Å²) < 4.78 is 19.8. The summed E-state index contributed by atoms with van der Waals surface area (Å²) in [5.41, 5.74) is 1.91. The Hall–Kier alpha value is -1.82. The molecule has 1 N–H and O–H groups in total. The van der Waals surface area contributed by atoms with Crippen LogP contribution in [0.1, 0.15) is 25.8 Å². The minimum Gasteiger partial charge on any atom is -0.378 e. The second kappa shape index (κ2) is 7.60. The molecular formula is C19H29FN4O. The lowest BCUT2D eigenvalue weighted by atomic mass is 9.93. The molecule has 0 spiro atoms. The molecule has 1 aromatic rings. The third-order valence-electron chi connectivity index (χ3n) is 5.00.